The summed E-state index contributed by atoms with van der Waals surface area (Å²) >= 11 is 0. The maximum atomic E-state index is 13.7. The molecule has 3 heteroatoms. The van der Waals surface area contributed by atoms with E-state index in [0.717, 1.165) is 31.1 Å². The standard InChI is InChI=1S/C31H43NO2/c1-4-31-17-16-29(2,34)19-22(31)9-10-23-24-11-12-26(30(24,3)15-13-25(23)31)28(33)20-32-18-14-21-7-5-6-8-27(21)32/h5-8,14,18,22-26,34H,4,9-13,15-17,19-20H2,1-3H3/t22-,23-,24-,25-,26+,29+,30-,31-/m0/s1. The number of rotatable bonds is 4. The number of aromatic nitrogens is 1. The third kappa shape index (κ3) is 3.29. The van der Waals surface area contributed by atoms with Gasteiger partial charge < -0.3 is 9.67 Å². The minimum atomic E-state index is -0.465. The van der Waals surface area contributed by atoms with E-state index in [1.165, 1.54) is 55.8 Å². The van der Waals surface area contributed by atoms with Gasteiger partial charge in [0.25, 0.3) is 0 Å². The summed E-state index contributed by atoms with van der Waals surface area (Å²) in [4.78, 5) is 13.7. The van der Waals surface area contributed by atoms with E-state index in [4.69, 9.17) is 0 Å². The van der Waals surface area contributed by atoms with Crippen molar-refractivity contribution in [2.75, 3.05) is 0 Å². The molecule has 0 unspecified atom stereocenters. The van der Waals surface area contributed by atoms with Crippen LogP contribution in [-0.2, 0) is 11.3 Å². The molecule has 0 amide bonds. The van der Waals surface area contributed by atoms with Gasteiger partial charge in [0, 0.05) is 17.6 Å². The van der Waals surface area contributed by atoms with Crippen LogP contribution >= 0.6 is 0 Å². The molecule has 184 valence electrons. The van der Waals surface area contributed by atoms with E-state index in [9.17, 15) is 9.90 Å². The lowest BCUT2D eigenvalue weighted by molar-refractivity contribution is -0.158. The monoisotopic (exact) mass is 461 g/mol. The predicted octanol–water partition coefficient (Wildman–Crippen LogP) is 7.01. The molecule has 1 heterocycles. The topological polar surface area (TPSA) is 42.2 Å². The Hall–Kier alpha value is -1.61. The molecule has 34 heavy (non-hydrogen) atoms. The number of ketones is 1. The molecule has 0 bridgehead atoms. The Balaban J connectivity index is 1.23. The molecule has 3 nitrogen and oxygen atoms in total. The molecule has 4 fully saturated rings. The molecular weight excluding hydrogens is 418 g/mol. The smallest absolute Gasteiger partial charge is 0.156 e. The lowest BCUT2D eigenvalue weighted by atomic mass is 9.42. The summed E-state index contributed by atoms with van der Waals surface area (Å²) in [5.74, 6) is 3.64. The zero-order valence-electron chi connectivity index (χ0n) is 21.4. The van der Waals surface area contributed by atoms with Crippen LogP contribution < -0.4 is 0 Å². The van der Waals surface area contributed by atoms with Crippen LogP contribution in [0.15, 0.2) is 36.5 Å². The quantitative estimate of drug-likeness (QED) is 0.532. The van der Waals surface area contributed by atoms with E-state index in [1.807, 2.05) is 0 Å². The zero-order chi connectivity index (χ0) is 23.7. The van der Waals surface area contributed by atoms with E-state index in [1.54, 1.807) is 0 Å². The Labute approximate surface area is 205 Å². The Morgan fingerprint density at radius 3 is 2.65 bits per heavy atom. The van der Waals surface area contributed by atoms with Gasteiger partial charge in [0.05, 0.1) is 12.1 Å². The molecule has 8 atom stereocenters. The summed E-state index contributed by atoms with van der Waals surface area (Å²) in [5, 5.41) is 12.1. The van der Waals surface area contributed by atoms with Gasteiger partial charge in [-0.2, -0.15) is 0 Å². The van der Waals surface area contributed by atoms with Crippen molar-refractivity contribution in [1.29, 1.82) is 0 Å². The third-order valence-corrected chi connectivity index (χ3v) is 11.7. The van der Waals surface area contributed by atoms with Crippen LogP contribution in [0.3, 0.4) is 0 Å². The highest BCUT2D eigenvalue weighted by atomic mass is 16.3. The molecule has 2 aromatic rings. The number of nitrogens with zero attached hydrogens (tertiary/aromatic N) is 1. The molecular formula is C31H43NO2. The summed E-state index contributed by atoms with van der Waals surface area (Å²) in [6.07, 6.45) is 14.0. The number of carbonyl (C=O) groups is 1. The second-order valence-corrected chi connectivity index (χ2v) is 13.1. The fraction of sp³-hybridized carbons (Fsp3) is 0.710. The fourth-order valence-electron chi connectivity index (χ4n) is 10.0. The van der Waals surface area contributed by atoms with Crippen molar-refractivity contribution in [2.24, 2.45) is 40.4 Å². The minimum absolute atomic E-state index is 0.170. The number of fused-ring (bicyclic) bond motifs is 6. The van der Waals surface area contributed by atoms with Gasteiger partial charge in [0.2, 0.25) is 0 Å². The average Bonchev–Trinajstić information content (AvgIpc) is 3.39. The van der Waals surface area contributed by atoms with Crippen LogP contribution in [0.1, 0.15) is 85.0 Å². The predicted molar refractivity (Wildman–Crippen MR) is 137 cm³/mol. The van der Waals surface area contributed by atoms with Crippen molar-refractivity contribution >= 4 is 16.7 Å². The van der Waals surface area contributed by atoms with Crippen molar-refractivity contribution in [3.05, 3.63) is 36.5 Å². The highest BCUT2D eigenvalue weighted by Gasteiger charge is 2.62. The average molecular weight is 462 g/mol. The lowest BCUT2D eigenvalue weighted by Gasteiger charge is -2.63. The van der Waals surface area contributed by atoms with E-state index in [-0.39, 0.29) is 11.3 Å². The second kappa shape index (κ2) is 7.95. The normalized spacial score (nSPS) is 43.8. The van der Waals surface area contributed by atoms with Crippen LogP contribution in [0, 0.1) is 40.4 Å². The van der Waals surface area contributed by atoms with Crippen LogP contribution in [0.25, 0.3) is 10.9 Å². The number of aliphatic hydroxyl groups is 1. The highest BCUT2D eigenvalue weighted by Crippen LogP contribution is 2.69. The number of hydrogen-bond acceptors (Lipinski definition) is 2. The van der Waals surface area contributed by atoms with Crippen LogP contribution in [0.4, 0.5) is 0 Å². The Bertz CT molecular complexity index is 1080. The van der Waals surface area contributed by atoms with E-state index < -0.39 is 5.60 Å². The maximum Gasteiger partial charge on any atom is 0.156 e. The summed E-state index contributed by atoms with van der Waals surface area (Å²) in [7, 11) is 0. The van der Waals surface area contributed by atoms with Crippen LogP contribution in [0.2, 0.25) is 0 Å². The van der Waals surface area contributed by atoms with Crippen molar-refractivity contribution in [3.63, 3.8) is 0 Å². The minimum Gasteiger partial charge on any atom is -0.390 e. The molecule has 4 saturated carbocycles. The fourth-order valence-corrected chi connectivity index (χ4v) is 10.0. The summed E-state index contributed by atoms with van der Waals surface area (Å²) in [5.41, 5.74) is 1.31. The van der Waals surface area contributed by atoms with Crippen LogP contribution in [0.5, 0.6) is 0 Å². The molecule has 1 N–H and O–H groups in total. The van der Waals surface area contributed by atoms with E-state index in [0.29, 0.717) is 29.6 Å². The van der Waals surface area contributed by atoms with Gasteiger partial charge in [-0.15, -0.1) is 0 Å². The van der Waals surface area contributed by atoms with Gasteiger partial charge in [-0.3, -0.25) is 4.79 Å². The Morgan fingerprint density at radius 2 is 1.82 bits per heavy atom. The maximum absolute atomic E-state index is 13.7. The molecule has 1 aromatic heterocycles. The molecule has 4 aliphatic rings. The molecule has 4 aliphatic carbocycles. The van der Waals surface area contributed by atoms with Crippen molar-refractivity contribution in [1.82, 2.24) is 4.57 Å². The Morgan fingerprint density at radius 1 is 1.00 bits per heavy atom. The number of carbonyl (C=O) groups excluding carboxylic acids is 1. The van der Waals surface area contributed by atoms with Gasteiger partial charge >= 0.3 is 0 Å². The summed E-state index contributed by atoms with van der Waals surface area (Å²) < 4.78 is 2.17. The number of Topliss-reactive ketones (excluding diaryl/α,β-unsaturated/α-hetero) is 1. The molecule has 0 aliphatic heterocycles. The van der Waals surface area contributed by atoms with Gasteiger partial charge in [0.15, 0.2) is 5.78 Å². The van der Waals surface area contributed by atoms with Crippen molar-refractivity contribution in [3.8, 4) is 0 Å². The number of benzene rings is 1. The number of hydrogen-bond donors (Lipinski definition) is 1. The zero-order valence-corrected chi connectivity index (χ0v) is 21.4. The second-order valence-electron chi connectivity index (χ2n) is 13.1. The SMILES string of the molecule is CC[C@]12CC[C@@](C)(O)C[C@@H]1CC[C@H]1[C@@H]3CC[C@H](C(=O)Cn4ccc5ccccc54)[C@@]3(C)CC[C@@H]12. The van der Waals surface area contributed by atoms with E-state index in [2.05, 4.69) is 61.9 Å². The highest BCUT2D eigenvalue weighted by molar-refractivity contribution is 5.86. The van der Waals surface area contributed by atoms with Crippen LogP contribution in [-0.4, -0.2) is 21.1 Å². The van der Waals surface area contributed by atoms with E-state index >= 15 is 0 Å². The first-order chi connectivity index (χ1) is 16.3. The van der Waals surface area contributed by atoms with Crippen molar-refractivity contribution < 1.29 is 9.90 Å². The first-order valence-electron chi connectivity index (χ1n) is 14.1. The van der Waals surface area contributed by atoms with Gasteiger partial charge in [-0.1, -0.05) is 32.0 Å². The Kier molecular flexibility index (Phi) is 5.34. The summed E-state index contributed by atoms with van der Waals surface area (Å²) in [6, 6.07) is 10.5. The third-order valence-electron chi connectivity index (χ3n) is 11.7. The molecule has 0 spiro atoms. The molecule has 0 saturated heterocycles. The first kappa shape index (κ1) is 22.8. The molecule has 0 radical (unpaired) electrons. The van der Waals surface area contributed by atoms with Crippen molar-refractivity contribution in [2.45, 2.75) is 97.1 Å². The molecule has 6 rings (SSSR count). The largest absolute Gasteiger partial charge is 0.390 e. The molecule has 1 aromatic carbocycles. The van der Waals surface area contributed by atoms with Gasteiger partial charge in [-0.25, -0.2) is 0 Å². The van der Waals surface area contributed by atoms with Gasteiger partial charge in [-0.05, 0) is 123 Å². The van der Waals surface area contributed by atoms with Gasteiger partial charge in [0.1, 0.15) is 0 Å². The number of para-hydroxylation sites is 1. The first-order valence-corrected chi connectivity index (χ1v) is 14.1. The lowest BCUT2D eigenvalue weighted by Crippen LogP contribution is -2.56. The summed E-state index contributed by atoms with van der Waals surface area (Å²) in [6.45, 7) is 7.49.